The third-order valence-electron chi connectivity index (χ3n) is 2.96. The lowest BCUT2D eigenvalue weighted by Gasteiger charge is -2.19. The number of benzene rings is 1. The molecule has 0 aromatic heterocycles. The van der Waals surface area contributed by atoms with Gasteiger partial charge in [0.25, 0.3) is 0 Å². The Morgan fingerprint density at radius 2 is 1.80 bits per heavy atom. The Hall–Kier alpha value is -1.23. The molecule has 1 unspecified atom stereocenters. The van der Waals surface area contributed by atoms with Gasteiger partial charge in [0.15, 0.2) is 0 Å². The highest BCUT2D eigenvalue weighted by atomic mass is 35.5. The van der Waals surface area contributed by atoms with Gasteiger partial charge in [-0.3, -0.25) is 4.79 Å². The first-order valence-corrected chi connectivity index (χ1v) is 6.79. The van der Waals surface area contributed by atoms with Crippen LogP contribution in [-0.2, 0) is 17.4 Å². The molecule has 112 valence electrons. The van der Waals surface area contributed by atoms with Crippen molar-refractivity contribution in [1.29, 1.82) is 0 Å². The van der Waals surface area contributed by atoms with Crippen LogP contribution in [0.2, 0.25) is 0 Å². The van der Waals surface area contributed by atoms with Gasteiger partial charge >= 0.3 is 6.18 Å². The summed E-state index contributed by atoms with van der Waals surface area (Å²) in [6.07, 6.45) is -4.32. The predicted molar refractivity (Wildman–Crippen MR) is 72.6 cm³/mol. The van der Waals surface area contributed by atoms with Crippen LogP contribution >= 0.6 is 11.6 Å². The van der Waals surface area contributed by atoms with Crippen molar-refractivity contribution in [1.82, 2.24) is 5.32 Å². The summed E-state index contributed by atoms with van der Waals surface area (Å²) in [5.74, 6) is 0.254. The molecular formula is C14H17ClF3NO. The largest absolute Gasteiger partial charge is 0.416 e. The molecule has 0 saturated carbocycles. The fourth-order valence-corrected chi connectivity index (χ4v) is 2.07. The molecular weight excluding hydrogens is 291 g/mol. The maximum Gasteiger partial charge on any atom is 0.416 e. The Kier molecular flexibility index (Phi) is 5.87. The van der Waals surface area contributed by atoms with Gasteiger partial charge in [-0.25, -0.2) is 0 Å². The third kappa shape index (κ3) is 5.04. The zero-order chi connectivity index (χ0) is 15.3. The molecule has 0 radical (unpaired) electrons. The summed E-state index contributed by atoms with van der Waals surface area (Å²) in [5, 5.41) is 2.77. The van der Waals surface area contributed by atoms with Gasteiger partial charge < -0.3 is 5.32 Å². The molecule has 2 nitrogen and oxygen atoms in total. The molecule has 1 aromatic carbocycles. The van der Waals surface area contributed by atoms with Crippen molar-refractivity contribution in [3.63, 3.8) is 0 Å². The second-order valence-electron chi connectivity index (χ2n) is 4.94. The van der Waals surface area contributed by atoms with Crippen molar-refractivity contribution in [3.8, 4) is 0 Å². The molecule has 0 aliphatic heterocycles. The van der Waals surface area contributed by atoms with Crippen LogP contribution in [0, 0.1) is 5.92 Å². The Balaban J connectivity index is 2.63. The van der Waals surface area contributed by atoms with Crippen LogP contribution < -0.4 is 5.32 Å². The molecule has 1 rings (SSSR count). The van der Waals surface area contributed by atoms with Gasteiger partial charge in [0.2, 0.25) is 5.91 Å². The van der Waals surface area contributed by atoms with Crippen molar-refractivity contribution in [2.24, 2.45) is 5.92 Å². The molecule has 0 spiro atoms. The first-order valence-electron chi connectivity index (χ1n) is 6.25. The normalized spacial score (nSPS) is 13.3. The minimum atomic E-state index is -4.36. The molecule has 1 atom stereocenters. The number of rotatable bonds is 5. The van der Waals surface area contributed by atoms with Gasteiger partial charge in [-0.15, -0.1) is 11.6 Å². The summed E-state index contributed by atoms with van der Waals surface area (Å²) in [5.41, 5.74) is -0.185. The first-order chi connectivity index (χ1) is 9.24. The number of hydrogen-bond donors (Lipinski definition) is 1. The predicted octanol–water partition coefficient (Wildman–Crippen LogP) is 3.63. The lowest BCUT2D eigenvalue weighted by molar-refractivity contribution is -0.137. The smallest absolute Gasteiger partial charge is 0.352 e. The number of alkyl halides is 4. The molecule has 1 N–H and O–H groups in total. The van der Waals surface area contributed by atoms with Gasteiger partial charge in [-0.2, -0.15) is 13.2 Å². The lowest BCUT2D eigenvalue weighted by Crippen LogP contribution is -2.40. The summed E-state index contributed by atoms with van der Waals surface area (Å²) < 4.78 is 37.2. The highest BCUT2D eigenvalue weighted by Crippen LogP contribution is 2.29. The van der Waals surface area contributed by atoms with E-state index >= 15 is 0 Å². The van der Waals surface area contributed by atoms with Crippen molar-refractivity contribution in [2.45, 2.75) is 32.5 Å². The van der Waals surface area contributed by atoms with E-state index in [9.17, 15) is 18.0 Å². The Morgan fingerprint density at radius 3 is 2.20 bits per heavy atom. The summed E-state index contributed by atoms with van der Waals surface area (Å²) >= 11 is 5.74. The van der Waals surface area contributed by atoms with Crippen LogP contribution in [0.3, 0.4) is 0 Å². The van der Waals surface area contributed by atoms with Crippen LogP contribution in [0.25, 0.3) is 0 Å². The summed E-state index contributed by atoms with van der Waals surface area (Å²) in [4.78, 5) is 11.8. The number of carbonyl (C=O) groups is 1. The average Bonchev–Trinajstić information content (AvgIpc) is 2.35. The van der Waals surface area contributed by atoms with Crippen molar-refractivity contribution >= 4 is 17.5 Å². The van der Waals surface area contributed by atoms with E-state index in [2.05, 4.69) is 5.32 Å². The van der Waals surface area contributed by atoms with Crippen LogP contribution in [0.15, 0.2) is 24.3 Å². The fraction of sp³-hybridized carbons (Fsp3) is 0.500. The molecule has 0 aliphatic rings. The Bertz CT molecular complexity index is 443. The monoisotopic (exact) mass is 307 g/mol. The zero-order valence-electron chi connectivity index (χ0n) is 11.3. The third-order valence-corrected chi connectivity index (χ3v) is 3.30. The van der Waals surface area contributed by atoms with Crippen LogP contribution in [0.5, 0.6) is 0 Å². The first kappa shape index (κ1) is 16.8. The van der Waals surface area contributed by atoms with Crippen LogP contribution in [0.1, 0.15) is 25.0 Å². The van der Waals surface area contributed by atoms with E-state index in [0.717, 1.165) is 12.1 Å². The molecule has 0 aliphatic carbocycles. The Morgan fingerprint density at radius 1 is 1.25 bits per heavy atom. The van der Waals surface area contributed by atoms with Gasteiger partial charge in [-0.1, -0.05) is 26.0 Å². The van der Waals surface area contributed by atoms with Gasteiger partial charge in [0.1, 0.15) is 0 Å². The fourth-order valence-electron chi connectivity index (χ4n) is 1.64. The lowest BCUT2D eigenvalue weighted by atomic mass is 10.0. The summed E-state index contributed by atoms with van der Waals surface area (Å²) in [7, 11) is 0. The average molecular weight is 308 g/mol. The second kappa shape index (κ2) is 6.97. The van der Waals surface area contributed by atoms with Crippen LogP contribution in [-0.4, -0.2) is 17.8 Å². The van der Waals surface area contributed by atoms with Crippen LogP contribution in [0.4, 0.5) is 13.2 Å². The quantitative estimate of drug-likeness (QED) is 0.827. The van der Waals surface area contributed by atoms with E-state index in [0.29, 0.717) is 11.4 Å². The minimum Gasteiger partial charge on any atom is -0.352 e. The van der Waals surface area contributed by atoms with Gasteiger partial charge in [0, 0.05) is 11.9 Å². The van der Waals surface area contributed by atoms with E-state index in [-0.39, 0.29) is 24.3 Å². The molecule has 6 heteroatoms. The molecule has 1 aromatic rings. The molecule has 0 bridgehead atoms. The van der Waals surface area contributed by atoms with E-state index in [1.807, 2.05) is 13.8 Å². The van der Waals surface area contributed by atoms with Gasteiger partial charge in [0.05, 0.1) is 12.0 Å². The number of hydrogen-bond acceptors (Lipinski definition) is 1. The number of carbonyl (C=O) groups excluding carboxylic acids is 1. The van der Waals surface area contributed by atoms with Crippen molar-refractivity contribution < 1.29 is 18.0 Å². The standard InChI is InChI=1S/C14H17ClF3NO/c1-9(2)12(8-15)19-13(20)7-10-3-5-11(6-4-10)14(16,17)18/h3-6,9,12H,7-8H2,1-2H3,(H,19,20). The van der Waals surface area contributed by atoms with E-state index in [1.165, 1.54) is 12.1 Å². The molecule has 0 fully saturated rings. The van der Waals surface area contributed by atoms with E-state index < -0.39 is 11.7 Å². The Labute approximate surface area is 121 Å². The molecule has 1 amide bonds. The molecule has 0 heterocycles. The highest BCUT2D eigenvalue weighted by molar-refractivity contribution is 6.18. The second-order valence-corrected chi connectivity index (χ2v) is 5.25. The van der Waals surface area contributed by atoms with Crippen molar-refractivity contribution in [2.75, 3.05) is 5.88 Å². The summed E-state index contributed by atoms with van der Waals surface area (Å²) in [6, 6.07) is 4.44. The van der Waals surface area contributed by atoms with E-state index in [4.69, 9.17) is 11.6 Å². The number of amides is 1. The number of halogens is 4. The topological polar surface area (TPSA) is 29.1 Å². The maximum atomic E-state index is 12.4. The number of nitrogens with one attached hydrogen (secondary N) is 1. The van der Waals surface area contributed by atoms with Crippen molar-refractivity contribution in [3.05, 3.63) is 35.4 Å². The van der Waals surface area contributed by atoms with E-state index in [1.54, 1.807) is 0 Å². The molecule has 20 heavy (non-hydrogen) atoms. The molecule has 0 saturated heterocycles. The maximum absolute atomic E-state index is 12.4. The minimum absolute atomic E-state index is 0.0399. The summed E-state index contributed by atoms with van der Waals surface area (Å²) in [6.45, 7) is 3.87. The van der Waals surface area contributed by atoms with Gasteiger partial charge in [-0.05, 0) is 23.6 Å². The SMILES string of the molecule is CC(C)C(CCl)NC(=O)Cc1ccc(C(F)(F)F)cc1. The zero-order valence-corrected chi connectivity index (χ0v) is 12.1. The highest BCUT2D eigenvalue weighted by Gasteiger charge is 2.30.